The summed E-state index contributed by atoms with van der Waals surface area (Å²) in [6, 6.07) is 12.8. The molecule has 1 N–H and O–H groups in total. The van der Waals surface area contributed by atoms with E-state index in [0.717, 1.165) is 63.5 Å². The molecule has 1 saturated carbocycles. The van der Waals surface area contributed by atoms with E-state index in [1.165, 1.54) is 5.56 Å². The van der Waals surface area contributed by atoms with Gasteiger partial charge in [-0.3, -0.25) is 4.90 Å². The molecule has 1 saturated heterocycles. The van der Waals surface area contributed by atoms with Gasteiger partial charge in [-0.2, -0.15) is 0 Å². The molecule has 4 rings (SSSR count). The van der Waals surface area contributed by atoms with Gasteiger partial charge in [0.15, 0.2) is 0 Å². The Labute approximate surface area is 149 Å². The van der Waals surface area contributed by atoms with Crippen LogP contribution in [0, 0.1) is 0 Å². The Bertz CT molecular complexity index is 679. The molecule has 0 spiro atoms. The van der Waals surface area contributed by atoms with Crippen molar-refractivity contribution in [1.29, 1.82) is 0 Å². The largest absolute Gasteiger partial charge is 0.393 e. The normalized spacial score (nSPS) is 24.1. The van der Waals surface area contributed by atoms with Gasteiger partial charge in [0.05, 0.1) is 6.10 Å². The molecule has 0 radical (unpaired) electrons. The second-order valence-corrected chi connectivity index (χ2v) is 7.19. The molecule has 1 aromatic carbocycles. The fraction of sp³-hybridized carbons (Fsp3) is 0.500. The van der Waals surface area contributed by atoms with E-state index in [1.807, 2.05) is 0 Å². The minimum Gasteiger partial charge on any atom is -0.393 e. The van der Waals surface area contributed by atoms with E-state index in [0.29, 0.717) is 5.92 Å². The first-order valence-corrected chi connectivity index (χ1v) is 9.29. The minimum absolute atomic E-state index is 0.142. The zero-order valence-corrected chi connectivity index (χ0v) is 14.6. The maximum atomic E-state index is 9.50. The summed E-state index contributed by atoms with van der Waals surface area (Å²) in [6.45, 7) is 5.30. The van der Waals surface area contributed by atoms with Crippen molar-refractivity contribution in [2.45, 2.75) is 31.3 Å². The average molecular weight is 338 g/mol. The van der Waals surface area contributed by atoms with Crippen LogP contribution in [0.1, 0.15) is 30.0 Å². The van der Waals surface area contributed by atoms with Crippen molar-refractivity contribution in [3.63, 3.8) is 0 Å². The molecule has 1 aliphatic heterocycles. The molecular formula is C20H26N4O. The molecule has 2 aromatic rings. The first kappa shape index (κ1) is 16.5. The van der Waals surface area contributed by atoms with Gasteiger partial charge in [-0.25, -0.2) is 9.97 Å². The second kappa shape index (κ2) is 7.50. The highest BCUT2D eigenvalue weighted by atomic mass is 16.3. The number of nitrogens with zero attached hydrogens (tertiary/aromatic N) is 4. The van der Waals surface area contributed by atoms with Gasteiger partial charge in [0, 0.05) is 50.4 Å². The highest BCUT2D eigenvalue weighted by Gasteiger charge is 2.30. The van der Waals surface area contributed by atoms with Gasteiger partial charge in [-0.1, -0.05) is 30.3 Å². The minimum atomic E-state index is -0.142. The third-order valence-corrected chi connectivity index (χ3v) is 5.46. The van der Waals surface area contributed by atoms with Crippen molar-refractivity contribution < 1.29 is 5.11 Å². The SMILES string of the molecule is OC1CC(c2cc(N3CCN(CCc4ccccc4)CC3)ncn2)C1. The van der Waals surface area contributed by atoms with Crippen LogP contribution in [0.5, 0.6) is 0 Å². The van der Waals surface area contributed by atoms with Gasteiger partial charge in [0.1, 0.15) is 12.1 Å². The van der Waals surface area contributed by atoms with Crippen LogP contribution < -0.4 is 4.90 Å². The van der Waals surface area contributed by atoms with Crippen LogP contribution in [0.4, 0.5) is 5.82 Å². The fourth-order valence-corrected chi connectivity index (χ4v) is 3.72. The monoisotopic (exact) mass is 338 g/mol. The Morgan fingerprint density at radius 2 is 1.76 bits per heavy atom. The molecule has 1 aromatic heterocycles. The summed E-state index contributed by atoms with van der Waals surface area (Å²) < 4.78 is 0. The van der Waals surface area contributed by atoms with Gasteiger partial charge in [0.2, 0.25) is 0 Å². The Hall–Kier alpha value is -1.98. The van der Waals surface area contributed by atoms with Crippen molar-refractivity contribution in [3.05, 3.63) is 54.0 Å². The Morgan fingerprint density at radius 1 is 1.00 bits per heavy atom. The summed E-state index contributed by atoms with van der Waals surface area (Å²) in [5.41, 5.74) is 2.50. The molecular weight excluding hydrogens is 312 g/mol. The predicted molar refractivity (Wildman–Crippen MR) is 98.8 cm³/mol. The third kappa shape index (κ3) is 3.99. The van der Waals surface area contributed by atoms with E-state index in [4.69, 9.17) is 0 Å². The number of rotatable bonds is 5. The highest BCUT2D eigenvalue weighted by molar-refractivity contribution is 5.40. The van der Waals surface area contributed by atoms with E-state index in [-0.39, 0.29) is 6.10 Å². The number of anilines is 1. The summed E-state index contributed by atoms with van der Waals surface area (Å²) in [6.07, 6.45) is 4.32. The van der Waals surface area contributed by atoms with Crippen molar-refractivity contribution in [1.82, 2.24) is 14.9 Å². The predicted octanol–water partition coefficient (Wildman–Crippen LogP) is 2.08. The fourth-order valence-electron chi connectivity index (χ4n) is 3.72. The van der Waals surface area contributed by atoms with E-state index in [9.17, 15) is 5.11 Å². The molecule has 5 heteroatoms. The van der Waals surface area contributed by atoms with E-state index < -0.39 is 0 Å². The van der Waals surface area contributed by atoms with Crippen LogP contribution in [0.15, 0.2) is 42.7 Å². The quantitative estimate of drug-likeness (QED) is 0.905. The lowest BCUT2D eigenvalue weighted by Gasteiger charge is -2.36. The summed E-state index contributed by atoms with van der Waals surface area (Å²) in [5.74, 6) is 1.44. The van der Waals surface area contributed by atoms with Crippen molar-refractivity contribution in [2.24, 2.45) is 0 Å². The number of benzene rings is 1. The smallest absolute Gasteiger partial charge is 0.132 e. The molecule has 0 bridgehead atoms. The number of hydrogen-bond donors (Lipinski definition) is 1. The van der Waals surface area contributed by atoms with E-state index in [2.05, 4.69) is 56.2 Å². The molecule has 2 aliphatic rings. The van der Waals surface area contributed by atoms with Crippen molar-refractivity contribution in [2.75, 3.05) is 37.6 Å². The highest BCUT2D eigenvalue weighted by Crippen LogP contribution is 2.36. The number of aromatic nitrogens is 2. The molecule has 0 atom stereocenters. The first-order chi connectivity index (χ1) is 12.3. The molecule has 0 amide bonds. The summed E-state index contributed by atoms with van der Waals surface area (Å²) in [7, 11) is 0. The zero-order valence-electron chi connectivity index (χ0n) is 14.6. The van der Waals surface area contributed by atoms with Crippen molar-refractivity contribution >= 4 is 5.82 Å². The molecule has 2 fully saturated rings. The maximum absolute atomic E-state index is 9.50. The van der Waals surface area contributed by atoms with Crippen molar-refractivity contribution in [3.8, 4) is 0 Å². The van der Waals surface area contributed by atoms with Gasteiger partial charge in [-0.15, -0.1) is 0 Å². The molecule has 1 aliphatic carbocycles. The molecule has 2 heterocycles. The lowest BCUT2D eigenvalue weighted by Crippen LogP contribution is -2.47. The summed E-state index contributed by atoms with van der Waals surface area (Å²) in [4.78, 5) is 13.8. The van der Waals surface area contributed by atoms with Crippen LogP contribution in [-0.4, -0.2) is 58.8 Å². The number of piperazine rings is 1. The van der Waals surface area contributed by atoms with Gasteiger partial charge >= 0.3 is 0 Å². The second-order valence-electron chi connectivity index (χ2n) is 7.19. The number of aliphatic hydroxyl groups is 1. The molecule has 132 valence electrons. The zero-order chi connectivity index (χ0) is 17.1. The van der Waals surface area contributed by atoms with E-state index >= 15 is 0 Å². The average Bonchev–Trinajstić information content (AvgIpc) is 2.65. The van der Waals surface area contributed by atoms with Crippen LogP contribution in [0.25, 0.3) is 0 Å². The lowest BCUT2D eigenvalue weighted by molar-refractivity contribution is 0.0732. The van der Waals surface area contributed by atoms with Crippen LogP contribution in [-0.2, 0) is 6.42 Å². The maximum Gasteiger partial charge on any atom is 0.132 e. The molecule has 25 heavy (non-hydrogen) atoms. The molecule has 5 nitrogen and oxygen atoms in total. The van der Waals surface area contributed by atoms with Gasteiger partial charge in [0.25, 0.3) is 0 Å². The third-order valence-electron chi connectivity index (χ3n) is 5.46. The first-order valence-electron chi connectivity index (χ1n) is 9.29. The Morgan fingerprint density at radius 3 is 2.48 bits per heavy atom. The summed E-state index contributed by atoms with van der Waals surface area (Å²) in [5, 5.41) is 9.50. The standard InChI is InChI=1S/C20H26N4O/c25-18-12-17(13-18)19-14-20(22-15-21-19)24-10-8-23(9-11-24)7-6-16-4-2-1-3-5-16/h1-5,14-15,17-18,25H,6-13H2. The van der Waals surface area contributed by atoms with Crippen LogP contribution in [0.2, 0.25) is 0 Å². The lowest BCUT2D eigenvalue weighted by atomic mass is 9.80. The van der Waals surface area contributed by atoms with Gasteiger partial charge < -0.3 is 10.0 Å². The van der Waals surface area contributed by atoms with E-state index in [1.54, 1.807) is 6.33 Å². The Kier molecular flexibility index (Phi) is 4.95. The molecule has 0 unspecified atom stereocenters. The number of hydrogen-bond acceptors (Lipinski definition) is 5. The topological polar surface area (TPSA) is 52.5 Å². The van der Waals surface area contributed by atoms with Crippen LogP contribution >= 0.6 is 0 Å². The van der Waals surface area contributed by atoms with Crippen LogP contribution in [0.3, 0.4) is 0 Å². The Balaban J connectivity index is 1.29. The summed E-state index contributed by atoms with van der Waals surface area (Å²) >= 11 is 0. The van der Waals surface area contributed by atoms with Gasteiger partial charge in [-0.05, 0) is 24.8 Å². The number of aliphatic hydroxyl groups excluding tert-OH is 1.